The van der Waals surface area contributed by atoms with Crippen molar-refractivity contribution in [3.05, 3.63) is 23.8 Å². The molecule has 3 atom stereocenters. The maximum absolute atomic E-state index is 11.6. The minimum atomic E-state index is 0.105. The molecular weight excluding hydrogens is 296 g/mol. The molecule has 1 N–H and O–H groups in total. The van der Waals surface area contributed by atoms with Gasteiger partial charge in [0.05, 0.1) is 12.7 Å². The molecule has 0 aliphatic carbocycles. The molecule has 1 amide bonds. The van der Waals surface area contributed by atoms with Crippen LogP contribution in [0.2, 0.25) is 0 Å². The lowest BCUT2D eigenvalue weighted by atomic mass is 9.90. The van der Waals surface area contributed by atoms with Gasteiger partial charge in [-0.25, -0.2) is 0 Å². The van der Waals surface area contributed by atoms with Crippen molar-refractivity contribution in [2.75, 3.05) is 33.5 Å². The van der Waals surface area contributed by atoms with Crippen molar-refractivity contribution in [2.24, 2.45) is 11.8 Å². The van der Waals surface area contributed by atoms with Crippen LogP contribution in [0.4, 0.5) is 0 Å². The summed E-state index contributed by atoms with van der Waals surface area (Å²) in [5.74, 6) is 2.55. The highest BCUT2D eigenvalue weighted by Gasteiger charge is 2.44. The zero-order chi connectivity index (χ0) is 15.8. The minimum Gasteiger partial charge on any atom is -0.454 e. The summed E-state index contributed by atoms with van der Waals surface area (Å²) in [6, 6.07) is 6.11. The molecule has 6 nitrogen and oxygen atoms in total. The number of likely N-dealkylation sites (tertiary alicyclic amines) is 1. The Morgan fingerprint density at radius 3 is 3.04 bits per heavy atom. The fourth-order valence-corrected chi connectivity index (χ4v) is 3.86. The quantitative estimate of drug-likeness (QED) is 0.897. The predicted octanol–water partition coefficient (Wildman–Crippen LogP) is 0.998. The maximum Gasteiger partial charge on any atom is 0.231 e. The van der Waals surface area contributed by atoms with Gasteiger partial charge in [-0.2, -0.15) is 0 Å². The fourth-order valence-electron chi connectivity index (χ4n) is 3.86. The van der Waals surface area contributed by atoms with Crippen molar-refractivity contribution in [3.63, 3.8) is 0 Å². The number of amides is 1. The molecule has 23 heavy (non-hydrogen) atoms. The molecule has 124 valence electrons. The van der Waals surface area contributed by atoms with E-state index < -0.39 is 0 Å². The molecule has 3 aliphatic rings. The lowest BCUT2D eigenvalue weighted by molar-refractivity contribution is -0.121. The average molecular weight is 318 g/mol. The summed E-state index contributed by atoms with van der Waals surface area (Å²) in [6.07, 6.45) is 0.828. The zero-order valence-electron chi connectivity index (χ0n) is 13.3. The van der Waals surface area contributed by atoms with E-state index in [0.717, 1.165) is 31.1 Å². The van der Waals surface area contributed by atoms with Crippen LogP contribution in [0.3, 0.4) is 0 Å². The zero-order valence-corrected chi connectivity index (χ0v) is 13.3. The molecule has 0 unspecified atom stereocenters. The van der Waals surface area contributed by atoms with Crippen molar-refractivity contribution in [3.8, 4) is 11.5 Å². The number of ether oxygens (including phenoxy) is 3. The average Bonchev–Trinajstić information content (AvgIpc) is 3.24. The van der Waals surface area contributed by atoms with Crippen LogP contribution in [-0.4, -0.2) is 50.4 Å². The molecule has 2 fully saturated rings. The van der Waals surface area contributed by atoms with Crippen molar-refractivity contribution in [1.82, 2.24) is 10.2 Å². The predicted molar refractivity (Wildman–Crippen MR) is 83.2 cm³/mol. The van der Waals surface area contributed by atoms with E-state index in [9.17, 15) is 4.79 Å². The van der Waals surface area contributed by atoms with Gasteiger partial charge >= 0.3 is 0 Å². The summed E-state index contributed by atoms with van der Waals surface area (Å²) in [5, 5.41) is 2.71. The lowest BCUT2D eigenvalue weighted by Crippen LogP contribution is -2.28. The van der Waals surface area contributed by atoms with Crippen molar-refractivity contribution < 1.29 is 19.0 Å². The first-order valence-corrected chi connectivity index (χ1v) is 8.16. The van der Waals surface area contributed by atoms with Gasteiger partial charge in [0.15, 0.2) is 11.5 Å². The van der Waals surface area contributed by atoms with Gasteiger partial charge in [0.1, 0.15) is 0 Å². The second-order valence-corrected chi connectivity index (χ2v) is 6.55. The Morgan fingerprint density at radius 2 is 2.17 bits per heavy atom. The summed E-state index contributed by atoms with van der Waals surface area (Å²) in [6.45, 7) is 3.81. The molecule has 1 aromatic rings. The third kappa shape index (κ3) is 2.88. The highest BCUT2D eigenvalue weighted by molar-refractivity contribution is 5.75. The molecule has 3 aliphatic heterocycles. The lowest BCUT2D eigenvalue weighted by Gasteiger charge is -2.19. The molecule has 0 aromatic heterocycles. The topological polar surface area (TPSA) is 60.0 Å². The number of hydrogen-bond donors (Lipinski definition) is 1. The second-order valence-electron chi connectivity index (χ2n) is 6.55. The monoisotopic (exact) mass is 318 g/mol. The van der Waals surface area contributed by atoms with Gasteiger partial charge < -0.3 is 19.5 Å². The van der Waals surface area contributed by atoms with Crippen molar-refractivity contribution in [2.45, 2.75) is 19.1 Å². The summed E-state index contributed by atoms with van der Waals surface area (Å²) < 4.78 is 16.7. The van der Waals surface area contributed by atoms with Gasteiger partial charge in [-0.3, -0.25) is 9.69 Å². The van der Waals surface area contributed by atoms with E-state index in [4.69, 9.17) is 14.2 Å². The standard InChI is InChI=1S/C17H22N2O4/c1-18-17(20)5-12-9-21-16-8-19(7-13(12)16)6-11-2-3-14-15(4-11)23-10-22-14/h2-4,12-13,16H,5-10H2,1H3,(H,18,20)/t12-,13-,16-/m1/s1. The number of carbonyl (C=O) groups excluding carboxylic acids is 1. The van der Waals surface area contributed by atoms with E-state index in [1.807, 2.05) is 6.07 Å². The fraction of sp³-hybridized carbons (Fsp3) is 0.588. The Balaban J connectivity index is 1.38. The van der Waals surface area contributed by atoms with Crippen LogP contribution in [0.25, 0.3) is 0 Å². The van der Waals surface area contributed by atoms with Gasteiger partial charge in [-0.05, 0) is 23.6 Å². The maximum atomic E-state index is 11.6. The van der Waals surface area contributed by atoms with Crippen LogP contribution >= 0.6 is 0 Å². The van der Waals surface area contributed by atoms with Gasteiger partial charge in [0.25, 0.3) is 0 Å². The highest BCUT2D eigenvalue weighted by atomic mass is 16.7. The van der Waals surface area contributed by atoms with Gasteiger partial charge in [0.2, 0.25) is 12.7 Å². The van der Waals surface area contributed by atoms with Gasteiger partial charge in [0, 0.05) is 39.0 Å². The van der Waals surface area contributed by atoms with Crippen LogP contribution in [0, 0.1) is 11.8 Å². The Hall–Kier alpha value is -1.79. The molecule has 1 aromatic carbocycles. The molecule has 0 radical (unpaired) electrons. The van der Waals surface area contributed by atoms with E-state index in [-0.39, 0.29) is 12.0 Å². The normalized spacial score (nSPS) is 28.8. The number of nitrogens with one attached hydrogen (secondary N) is 1. The van der Waals surface area contributed by atoms with Crippen LogP contribution in [0.1, 0.15) is 12.0 Å². The molecular formula is C17H22N2O4. The third-order valence-electron chi connectivity index (χ3n) is 5.08. The van der Waals surface area contributed by atoms with E-state index in [2.05, 4.69) is 22.3 Å². The van der Waals surface area contributed by atoms with Crippen LogP contribution < -0.4 is 14.8 Å². The molecule has 6 heteroatoms. The number of rotatable bonds is 4. The summed E-state index contributed by atoms with van der Waals surface area (Å²) >= 11 is 0. The van der Waals surface area contributed by atoms with E-state index in [1.54, 1.807) is 7.05 Å². The molecule has 3 heterocycles. The smallest absolute Gasteiger partial charge is 0.231 e. The van der Waals surface area contributed by atoms with E-state index in [0.29, 0.717) is 31.7 Å². The first-order valence-electron chi connectivity index (χ1n) is 8.16. The Labute approximate surface area is 135 Å². The third-order valence-corrected chi connectivity index (χ3v) is 5.08. The minimum absolute atomic E-state index is 0.105. The molecule has 0 bridgehead atoms. The first-order chi connectivity index (χ1) is 11.2. The summed E-state index contributed by atoms with van der Waals surface area (Å²) in [7, 11) is 1.69. The number of carbonyl (C=O) groups is 1. The van der Waals surface area contributed by atoms with E-state index in [1.165, 1.54) is 5.56 Å². The van der Waals surface area contributed by atoms with Crippen LogP contribution in [0.15, 0.2) is 18.2 Å². The second kappa shape index (κ2) is 6.02. The molecule has 0 saturated carbocycles. The number of fused-ring (bicyclic) bond motifs is 2. The van der Waals surface area contributed by atoms with E-state index >= 15 is 0 Å². The van der Waals surface area contributed by atoms with Crippen molar-refractivity contribution in [1.29, 1.82) is 0 Å². The number of benzene rings is 1. The van der Waals surface area contributed by atoms with Crippen molar-refractivity contribution >= 4 is 5.91 Å². The first kappa shape index (κ1) is 14.8. The number of nitrogens with zero attached hydrogens (tertiary/aromatic N) is 1. The molecule has 0 spiro atoms. The highest BCUT2D eigenvalue weighted by Crippen LogP contribution is 2.37. The summed E-state index contributed by atoms with van der Waals surface area (Å²) in [5.41, 5.74) is 1.22. The largest absolute Gasteiger partial charge is 0.454 e. The Morgan fingerprint density at radius 1 is 1.30 bits per heavy atom. The van der Waals surface area contributed by atoms with Crippen LogP contribution in [-0.2, 0) is 16.1 Å². The molecule has 4 rings (SSSR count). The Kier molecular flexibility index (Phi) is 3.87. The number of hydrogen-bond acceptors (Lipinski definition) is 5. The van der Waals surface area contributed by atoms with Gasteiger partial charge in [-0.15, -0.1) is 0 Å². The van der Waals surface area contributed by atoms with Crippen LogP contribution in [0.5, 0.6) is 11.5 Å². The van der Waals surface area contributed by atoms with Gasteiger partial charge in [-0.1, -0.05) is 6.07 Å². The molecule has 2 saturated heterocycles. The SMILES string of the molecule is CNC(=O)C[C@@H]1CO[C@@H]2CN(Cc3ccc4c(c3)OCO4)C[C@H]12. The Bertz CT molecular complexity index is 606. The summed E-state index contributed by atoms with van der Waals surface area (Å²) in [4.78, 5) is 14.0.